The summed E-state index contributed by atoms with van der Waals surface area (Å²) in [6, 6.07) is 67.0. The van der Waals surface area contributed by atoms with Gasteiger partial charge in [0, 0.05) is 27.1 Å². The molecule has 7 heteroatoms. The molecule has 72 heavy (non-hydrogen) atoms. The van der Waals surface area contributed by atoms with Crippen molar-refractivity contribution in [3.05, 3.63) is 234 Å². The van der Waals surface area contributed by atoms with Gasteiger partial charge in [-0.25, -0.2) is 4.98 Å². The van der Waals surface area contributed by atoms with E-state index in [9.17, 15) is 18.4 Å². The number of halogens is 3. The van der Waals surface area contributed by atoms with Crippen LogP contribution in [-0.4, -0.2) is 14.1 Å². The zero-order valence-electron chi connectivity index (χ0n) is 40.0. The zero-order valence-corrected chi connectivity index (χ0v) is 40.0. The summed E-state index contributed by atoms with van der Waals surface area (Å²) in [5.41, 5.74) is 17.0. The summed E-state index contributed by atoms with van der Waals surface area (Å²) >= 11 is 0. The SMILES string of the molecule is Cc1ccc(-c2ccc3c(c2)c2cc(-c4ccc(C)cc4)ccc2n3-c2cc(-c3cc(C#N)cc(C(F)(F)F)c3)c(-n3c4ccc(-c5ccc(C)cc5)cc4c4cc(-c5ccc(C)cc5)ccc43)cn2)cc1. The number of benzene rings is 9. The molecule has 0 aliphatic carbocycles. The Labute approximate surface area is 415 Å². The molecule has 4 nitrogen and oxygen atoms in total. The van der Waals surface area contributed by atoms with Gasteiger partial charge in [0.15, 0.2) is 0 Å². The number of pyridine rings is 1. The van der Waals surface area contributed by atoms with E-state index >= 15 is 0 Å². The van der Waals surface area contributed by atoms with Gasteiger partial charge in [0.25, 0.3) is 0 Å². The third-order valence-electron chi connectivity index (χ3n) is 14.1. The molecule has 0 aliphatic rings. The van der Waals surface area contributed by atoms with Crippen LogP contribution in [0.25, 0.3) is 111 Å². The highest BCUT2D eigenvalue weighted by Crippen LogP contribution is 2.43. The molecule has 0 aliphatic heterocycles. The molecule has 0 bridgehead atoms. The van der Waals surface area contributed by atoms with Crippen LogP contribution in [0.4, 0.5) is 13.2 Å². The lowest BCUT2D eigenvalue weighted by Gasteiger charge is -2.18. The molecule has 346 valence electrons. The van der Waals surface area contributed by atoms with Gasteiger partial charge in [0.2, 0.25) is 0 Å². The molecule has 12 aromatic rings. The first-order chi connectivity index (χ1) is 34.9. The van der Waals surface area contributed by atoms with Crippen molar-refractivity contribution in [2.45, 2.75) is 33.9 Å². The molecule has 0 saturated heterocycles. The highest BCUT2D eigenvalue weighted by atomic mass is 19.4. The second-order valence-corrected chi connectivity index (χ2v) is 19.0. The van der Waals surface area contributed by atoms with Gasteiger partial charge < -0.3 is 4.57 Å². The predicted molar refractivity (Wildman–Crippen MR) is 289 cm³/mol. The summed E-state index contributed by atoms with van der Waals surface area (Å²) in [7, 11) is 0. The van der Waals surface area contributed by atoms with Gasteiger partial charge in [-0.2, -0.15) is 18.4 Å². The highest BCUT2D eigenvalue weighted by Gasteiger charge is 2.32. The van der Waals surface area contributed by atoms with Crippen LogP contribution < -0.4 is 0 Å². The lowest BCUT2D eigenvalue weighted by molar-refractivity contribution is -0.137. The first kappa shape index (κ1) is 44.2. The van der Waals surface area contributed by atoms with Crippen molar-refractivity contribution in [1.29, 1.82) is 5.26 Å². The summed E-state index contributed by atoms with van der Waals surface area (Å²) < 4.78 is 48.8. The van der Waals surface area contributed by atoms with Crippen molar-refractivity contribution in [3.8, 4) is 73.2 Å². The number of alkyl halides is 3. The molecule has 0 radical (unpaired) electrons. The first-order valence-corrected chi connectivity index (χ1v) is 23.9. The Bertz CT molecular complexity index is 3950. The molecule has 0 amide bonds. The summed E-state index contributed by atoms with van der Waals surface area (Å²) in [5.74, 6) is 0.514. The van der Waals surface area contributed by atoms with E-state index in [4.69, 9.17) is 4.98 Å². The maximum absolute atomic E-state index is 14.9. The fourth-order valence-electron chi connectivity index (χ4n) is 10.2. The molecule has 0 spiro atoms. The fraction of sp³-hybridized carbons (Fsp3) is 0.0769. The normalized spacial score (nSPS) is 11.8. The quantitative estimate of drug-likeness (QED) is 0.160. The topological polar surface area (TPSA) is 46.5 Å². The maximum Gasteiger partial charge on any atom is 0.416 e. The molecule has 0 fully saturated rings. The van der Waals surface area contributed by atoms with Crippen LogP contribution >= 0.6 is 0 Å². The van der Waals surface area contributed by atoms with Gasteiger partial charge in [0.1, 0.15) is 5.82 Å². The summed E-state index contributed by atoms with van der Waals surface area (Å²) in [5, 5.41) is 14.2. The van der Waals surface area contributed by atoms with Gasteiger partial charge in [-0.1, -0.05) is 144 Å². The molecule has 3 heterocycles. The molecule has 0 saturated carbocycles. The van der Waals surface area contributed by atoms with Crippen LogP contribution in [0.2, 0.25) is 0 Å². The average molecular weight is 939 g/mol. The van der Waals surface area contributed by atoms with E-state index in [-0.39, 0.29) is 11.1 Å². The molecule has 0 unspecified atom stereocenters. The van der Waals surface area contributed by atoms with Crippen molar-refractivity contribution >= 4 is 43.6 Å². The minimum Gasteiger partial charge on any atom is -0.307 e. The minimum atomic E-state index is -4.71. The van der Waals surface area contributed by atoms with Crippen molar-refractivity contribution in [3.63, 3.8) is 0 Å². The molecule has 12 rings (SSSR count). The molecule has 0 N–H and O–H groups in total. The third-order valence-corrected chi connectivity index (χ3v) is 14.1. The van der Waals surface area contributed by atoms with Crippen LogP contribution in [0, 0.1) is 39.0 Å². The van der Waals surface area contributed by atoms with E-state index in [0.29, 0.717) is 17.1 Å². The van der Waals surface area contributed by atoms with Crippen molar-refractivity contribution in [1.82, 2.24) is 14.1 Å². The molecule has 3 aromatic heterocycles. The smallest absolute Gasteiger partial charge is 0.307 e. The number of nitriles is 1. The predicted octanol–water partition coefficient (Wildman–Crippen LogP) is 17.7. The van der Waals surface area contributed by atoms with E-state index in [1.54, 1.807) is 12.3 Å². The largest absolute Gasteiger partial charge is 0.416 e. The van der Waals surface area contributed by atoms with E-state index in [1.807, 2.05) is 12.1 Å². The lowest BCUT2D eigenvalue weighted by atomic mass is 9.98. The number of aryl methyl sites for hydroxylation is 4. The lowest BCUT2D eigenvalue weighted by Crippen LogP contribution is -2.07. The Morgan fingerprint density at radius 1 is 0.389 bits per heavy atom. The number of hydrogen-bond acceptors (Lipinski definition) is 2. The standard InChI is InChI=1S/C65H45F3N4/c1-39-5-13-44(14-6-39)48-21-25-59-55(32-48)56-33-49(45-15-7-40(2)8-16-45)22-26-60(56)71(59)63-38-70-64(36-54(63)52-29-43(37-69)30-53(31-52)65(66,67)68)72-61-27-23-50(46-17-9-41(3)10-18-46)34-57(61)58-35-51(24-28-62(58)72)47-19-11-42(4)12-20-47/h5-36,38H,1-4H3. The van der Waals surface area contributed by atoms with Gasteiger partial charge >= 0.3 is 6.18 Å². The third kappa shape index (κ3) is 7.78. The van der Waals surface area contributed by atoms with E-state index in [0.717, 1.165) is 111 Å². The van der Waals surface area contributed by atoms with Gasteiger partial charge in [-0.05, 0) is 151 Å². The van der Waals surface area contributed by atoms with Crippen molar-refractivity contribution in [2.75, 3.05) is 0 Å². The number of hydrogen-bond donors (Lipinski definition) is 0. The Morgan fingerprint density at radius 2 is 0.736 bits per heavy atom. The van der Waals surface area contributed by atoms with Crippen molar-refractivity contribution < 1.29 is 13.2 Å². The number of fused-ring (bicyclic) bond motifs is 6. The number of aromatic nitrogens is 3. The van der Waals surface area contributed by atoms with E-state index in [1.165, 1.54) is 11.1 Å². The Hall–Kier alpha value is -8.99. The second-order valence-electron chi connectivity index (χ2n) is 19.0. The van der Waals surface area contributed by atoms with Gasteiger partial charge in [-0.15, -0.1) is 0 Å². The molecular formula is C65H45F3N4. The second kappa shape index (κ2) is 17.2. The van der Waals surface area contributed by atoms with Crippen molar-refractivity contribution in [2.24, 2.45) is 0 Å². The minimum absolute atomic E-state index is 0.0963. The summed E-state index contributed by atoms with van der Waals surface area (Å²) in [6.45, 7) is 8.29. The highest BCUT2D eigenvalue weighted by molar-refractivity contribution is 6.13. The van der Waals surface area contributed by atoms with Gasteiger partial charge in [0.05, 0.1) is 51.1 Å². The Balaban J connectivity index is 1.14. The first-order valence-electron chi connectivity index (χ1n) is 23.9. The summed E-state index contributed by atoms with van der Waals surface area (Å²) in [6.07, 6.45) is -2.93. The van der Waals surface area contributed by atoms with Crippen LogP contribution in [0.1, 0.15) is 33.4 Å². The van der Waals surface area contributed by atoms with Crippen LogP contribution in [-0.2, 0) is 6.18 Å². The van der Waals surface area contributed by atoms with E-state index < -0.39 is 11.7 Å². The average Bonchev–Trinajstić information content (AvgIpc) is 3.90. The fourth-order valence-corrected chi connectivity index (χ4v) is 10.2. The van der Waals surface area contributed by atoms with Crippen LogP contribution in [0.15, 0.2) is 200 Å². The van der Waals surface area contributed by atoms with Crippen LogP contribution in [0.5, 0.6) is 0 Å². The monoisotopic (exact) mass is 938 g/mol. The number of rotatable bonds is 7. The maximum atomic E-state index is 14.9. The van der Waals surface area contributed by atoms with E-state index in [2.05, 4.69) is 207 Å². The van der Waals surface area contributed by atoms with Gasteiger partial charge in [-0.3, -0.25) is 4.57 Å². The summed E-state index contributed by atoms with van der Waals surface area (Å²) in [4.78, 5) is 5.27. The molecule has 0 atom stereocenters. The van der Waals surface area contributed by atoms with Crippen LogP contribution in [0.3, 0.4) is 0 Å². The molecular weight excluding hydrogens is 894 g/mol. The zero-order chi connectivity index (χ0) is 49.4. The number of nitrogens with zero attached hydrogens (tertiary/aromatic N) is 4. The Morgan fingerprint density at radius 3 is 1.08 bits per heavy atom. The molecule has 9 aromatic carbocycles. The Kier molecular flexibility index (Phi) is 10.5.